The highest BCUT2D eigenvalue weighted by Gasteiger charge is 2.30. The van der Waals surface area contributed by atoms with Gasteiger partial charge < -0.3 is 4.90 Å². The van der Waals surface area contributed by atoms with Crippen molar-refractivity contribution in [1.29, 1.82) is 0 Å². The van der Waals surface area contributed by atoms with Gasteiger partial charge in [0.1, 0.15) is 0 Å². The molecule has 6 heteroatoms. The van der Waals surface area contributed by atoms with Crippen molar-refractivity contribution in [3.63, 3.8) is 0 Å². The van der Waals surface area contributed by atoms with Crippen LogP contribution in [-0.2, 0) is 6.54 Å². The van der Waals surface area contributed by atoms with Gasteiger partial charge in [0.15, 0.2) is 0 Å². The molecule has 160 valence electrons. The van der Waals surface area contributed by atoms with Gasteiger partial charge in [-0.3, -0.25) is 5.43 Å². The van der Waals surface area contributed by atoms with Crippen LogP contribution in [0.5, 0.6) is 0 Å². The number of nitrogens with one attached hydrogen (secondary N) is 1. The van der Waals surface area contributed by atoms with Crippen LogP contribution in [0.1, 0.15) is 24.0 Å². The van der Waals surface area contributed by atoms with Crippen molar-refractivity contribution in [3.8, 4) is 11.3 Å². The molecule has 1 aliphatic heterocycles. The number of hydrazone groups is 1. The number of aromatic nitrogens is 1. The van der Waals surface area contributed by atoms with Crippen molar-refractivity contribution in [3.05, 3.63) is 100 Å². The summed E-state index contributed by atoms with van der Waals surface area (Å²) in [5, 5.41) is 8.20. The van der Waals surface area contributed by atoms with Gasteiger partial charge >= 0.3 is 0 Å². The third-order valence-corrected chi connectivity index (χ3v) is 6.71. The molecule has 0 amide bonds. The number of thiazole rings is 1. The minimum absolute atomic E-state index is 0.245. The maximum absolute atomic E-state index is 6.12. The van der Waals surface area contributed by atoms with Gasteiger partial charge in [-0.2, -0.15) is 5.10 Å². The molecule has 5 rings (SSSR count). The molecule has 3 aromatic carbocycles. The zero-order valence-electron chi connectivity index (χ0n) is 17.7. The van der Waals surface area contributed by atoms with E-state index in [1.54, 1.807) is 0 Å². The molecule has 0 bridgehead atoms. The summed E-state index contributed by atoms with van der Waals surface area (Å²) in [5.41, 5.74) is 10.0. The molecule has 1 N–H and O–H groups in total. The van der Waals surface area contributed by atoms with Gasteiger partial charge in [0.25, 0.3) is 0 Å². The second-order valence-corrected chi connectivity index (χ2v) is 9.19. The minimum atomic E-state index is 0.245. The first-order valence-electron chi connectivity index (χ1n) is 10.6. The van der Waals surface area contributed by atoms with Gasteiger partial charge in [-0.15, -0.1) is 11.3 Å². The molecule has 1 aliphatic rings. The van der Waals surface area contributed by atoms with Crippen LogP contribution in [0.3, 0.4) is 0 Å². The summed E-state index contributed by atoms with van der Waals surface area (Å²) in [6.07, 6.45) is 0. The van der Waals surface area contributed by atoms with Gasteiger partial charge in [-0.05, 0) is 36.2 Å². The molecule has 1 atom stereocenters. The molecular weight excluding hydrogens is 436 g/mol. The van der Waals surface area contributed by atoms with Crippen molar-refractivity contribution in [1.82, 2.24) is 4.98 Å². The van der Waals surface area contributed by atoms with E-state index < -0.39 is 0 Å². The number of para-hydroxylation sites is 1. The molecule has 0 radical (unpaired) electrons. The molecule has 32 heavy (non-hydrogen) atoms. The van der Waals surface area contributed by atoms with Crippen LogP contribution in [0.2, 0.25) is 5.02 Å². The molecular formula is C26H23ClN4S. The molecule has 0 aliphatic carbocycles. The zero-order valence-corrected chi connectivity index (χ0v) is 19.3. The Morgan fingerprint density at radius 1 is 1.09 bits per heavy atom. The maximum Gasteiger partial charge on any atom is 0.203 e. The van der Waals surface area contributed by atoms with Crippen LogP contribution in [0, 0.1) is 0 Å². The predicted molar refractivity (Wildman–Crippen MR) is 136 cm³/mol. The summed E-state index contributed by atoms with van der Waals surface area (Å²) in [6.45, 7) is 3.90. The molecule has 4 nitrogen and oxygen atoms in total. The third-order valence-electron chi connectivity index (χ3n) is 5.73. The SMILES string of the molecule is C/C(=N\Nc1nc(-c2cccc(Cl)c2)cs1)C1CN(Cc2ccccc2)c2ccccc21. The molecule has 0 saturated heterocycles. The van der Waals surface area contributed by atoms with Crippen molar-refractivity contribution >= 4 is 39.5 Å². The average Bonchev–Trinajstić information content (AvgIpc) is 3.44. The van der Waals surface area contributed by atoms with E-state index in [4.69, 9.17) is 16.7 Å². The van der Waals surface area contributed by atoms with Crippen molar-refractivity contribution < 1.29 is 0 Å². The topological polar surface area (TPSA) is 40.5 Å². The normalized spacial score (nSPS) is 15.6. The number of hydrogen-bond acceptors (Lipinski definition) is 5. The standard InChI is InChI=1S/C26H23ClN4S/c1-18(29-30-26-28-24(17-32-26)20-10-7-11-21(27)14-20)23-16-31(15-19-8-3-2-4-9-19)25-13-6-5-12-22(23)25/h2-14,17,23H,15-16H2,1H3,(H,28,30)/b29-18+. The fraction of sp³-hybridized carbons (Fsp3) is 0.154. The number of halogens is 1. The Morgan fingerprint density at radius 3 is 2.75 bits per heavy atom. The highest BCUT2D eigenvalue weighted by atomic mass is 35.5. The summed E-state index contributed by atoms with van der Waals surface area (Å²) in [7, 11) is 0. The van der Waals surface area contributed by atoms with Gasteiger partial charge in [0, 0.05) is 46.4 Å². The van der Waals surface area contributed by atoms with E-state index in [1.165, 1.54) is 28.2 Å². The van der Waals surface area contributed by atoms with Crippen molar-refractivity contribution in [2.45, 2.75) is 19.4 Å². The fourth-order valence-corrected chi connectivity index (χ4v) is 4.97. The molecule has 2 heterocycles. The highest BCUT2D eigenvalue weighted by molar-refractivity contribution is 7.14. The van der Waals surface area contributed by atoms with Crippen LogP contribution in [0.25, 0.3) is 11.3 Å². The molecule has 1 aromatic heterocycles. The summed E-state index contributed by atoms with van der Waals surface area (Å²) >= 11 is 7.66. The second-order valence-electron chi connectivity index (χ2n) is 7.89. The lowest BCUT2D eigenvalue weighted by Gasteiger charge is -2.20. The number of nitrogens with zero attached hydrogens (tertiary/aromatic N) is 3. The van der Waals surface area contributed by atoms with Gasteiger partial charge in [-0.25, -0.2) is 4.98 Å². The van der Waals surface area contributed by atoms with Crippen LogP contribution >= 0.6 is 22.9 Å². The zero-order chi connectivity index (χ0) is 21.9. The van der Waals surface area contributed by atoms with E-state index >= 15 is 0 Å². The largest absolute Gasteiger partial charge is 0.366 e. The van der Waals surface area contributed by atoms with Crippen LogP contribution in [0.15, 0.2) is 89.3 Å². The first kappa shape index (κ1) is 20.7. The minimum Gasteiger partial charge on any atom is -0.366 e. The quantitative estimate of drug-likeness (QED) is 0.248. The first-order chi connectivity index (χ1) is 15.7. The van der Waals surface area contributed by atoms with Crippen LogP contribution in [-0.4, -0.2) is 17.2 Å². The second kappa shape index (κ2) is 9.15. The Labute approximate surface area is 197 Å². The van der Waals surface area contributed by atoms with Crippen molar-refractivity contribution in [2.75, 3.05) is 16.9 Å². The van der Waals surface area contributed by atoms with E-state index in [-0.39, 0.29) is 5.92 Å². The molecule has 1 unspecified atom stereocenters. The molecule has 0 fully saturated rings. The van der Waals surface area contributed by atoms with Crippen LogP contribution < -0.4 is 10.3 Å². The summed E-state index contributed by atoms with van der Waals surface area (Å²) in [5.74, 6) is 0.245. The smallest absolute Gasteiger partial charge is 0.203 e. The predicted octanol–water partition coefficient (Wildman–Crippen LogP) is 7.06. The average molecular weight is 459 g/mol. The summed E-state index contributed by atoms with van der Waals surface area (Å²) < 4.78 is 0. The van der Waals surface area contributed by atoms with E-state index in [9.17, 15) is 0 Å². The molecule has 0 spiro atoms. The van der Waals surface area contributed by atoms with E-state index in [0.29, 0.717) is 5.02 Å². The fourth-order valence-electron chi connectivity index (χ4n) is 4.12. The first-order valence-corrected chi connectivity index (χ1v) is 11.8. The number of fused-ring (bicyclic) bond motifs is 1. The van der Waals surface area contributed by atoms with Gasteiger partial charge in [0.2, 0.25) is 5.13 Å². The number of hydrogen-bond donors (Lipinski definition) is 1. The summed E-state index contributed by atoms with van der Waals surface area (Å²) in [4.78, 5) is 7.11. The maximum atomic E-state index is 6.12. The van der Waals surface area contributed by atoms with E-state index in [1.807, 2.05) is 29.6 Å². The van der Waals surface area contributed by atoms with E-state index in [0.717, 1.165) is 35.2 Å². The summed E-state index contributed by atoms with van der Waals surface area (Å²) in [6, 6.07) is 27.0. The number of anilines is 2. The van der Waals surface area contributed by atoms with Crippen LogP contribution in [0.4, 0.5) is 10.8 Å². The highest BCUT2D eigenvalue weighted by Crippen LogP contribution is 2.38. The Kier molecular flexibility index (Phi) is 5.93. The molecule has 4 aromatic rings. The number of rotatable bonds is 6. The van der Waals surface area contributed by atoms with Gasteiger partial charge in [0.05, 0.1) is 5.69 Å². The lowest BCUT2D eigenvalue weighted by atomic mass is 9.97. The number of benzene rings is 3. The van der Waals surface area contributed by atoms with Crippen molar-refractivity contribution in [2.24, 2.45) is 5.10 Å². The Balaban J connectivity index is 1.32. The Hall–Kier alpha value is -3.15. The third kappa shape index (κ3) is 4.40. The Bertz CT molecular complexity index is 1250. The van der Waals surface area contributed by atoms with E-state index in [2.05, 4.69) is 76.8 Å². The Morgan fingerprint density at radius 2 is 1.91 bits per heavy atom. The monoisotopic (exact) mass is 458 g/mol. The lowest BCUT2D eigenvalue weighted by molar-refractivity contribution is 0.805. The molecule has 0 saturated carbocycles. The lowest BCUT2D eigenvalue weighted by Crippen LogP contribution is -2.23. The van der Waals surface area contributed by atoms with Gasteiger partial charge in [-0.1, -0.05) is 72.3 Å².